The lowest BCUT2D eigenvalue weighted by molar-refractivity contribution is 0.00767. The van der Waals surface area contributed by atoms with E-state index in [1.54, 1.807) is 0 Å². The first kappa shape index (κ1) is 11.6. The highest BCUT2D eigenvalue weighted by molar-refractivity contribution is 5.26. The zero-order valence-electron chi connectivity index (χ0n) is 9.95. The van der Waals surface area contributed by atoms with Crippen molar-refractivity contribution in [3.05, 3.63) is 35.4 Å². The van der Waals surface area contributed by atoms with E-state index in [1.807, 2.05) is 0 Å². The number of nitrogens with two attached hydrogens (primary N) is 1. The van der Waals surface area contributed by atoms with E-state index in [0.29, 0.717) is 12.5 Å². The van der Waals surface area contributed by atoms with Gasteiger partial charge in [-0.25, -0.2) is 0 Å². The molecule has 0 amide bonds. The van der Waals surface area contributed by atoms with Gasteiger partial charge in [0.2, 0.25) is 0 Å². The summed E-state index contributed by atoms with van der Waals surface area (Å²) in [6.45, 7) is 2.52. The average Bonchev–Trinajstić information content (AvgIpc) is 2.30. The maximum atomic E-state index is 10.1. The molecule has 0 unspecified atom stereocenters. The summed E-state index contributed by atoms with van der Waals surface area (Å²) in [4.78, 5) is 0. The molecule has 0 aliphatic heterocycles. The van der Waals surface area contributed by atoms with E-state index in [-0.39, 0.29) is 0 Å². The Morgan fingerprint density at radius 2 is 2.06 bits per heavy atom. The van der Waals surface area contributed by atoms with Crippen LogP contribution in [0.2, 0.25) is 0 Å². The molecule has 0 atom stereocenters. The minimum atomic E-state index is -0.597. The number of hydrogen-bond acceptors (Lipinski definition) is 2. The van der Waals surface area contributed by atoms with Crippen molar-refractivity contribution in [2.45, 2.75) is 44.1 Å². The monoisotopic (exact) mass is 219 g/mol. The lowest BCUT2D eigenvalue weighted by Crippen LogP contribution is -2.40. The molecule has 0 heterocycles. The molecule has 1 aliphatic rings. The van der Waals surface area contributed by atoms with Gasteiger partial charge in [-0.15, -0.1) is 0 Å². The van der Waals surface area contributed by atoms with Gasteiger partial charge in [0.1, 0.15) is 0 Å². The topological polar surface area (TPSA) is 46.2 Å². The van der Waals surface area contributed by atoms with Gasteiger partial charge < -0.3 is 10.8 Å². The highest BCUT2D eigenvalue weighted by Gasteiger charge is 2.32. The average molecular weight is 219 g/mol. The van der Waals surface area contributed by atoms with E-state index in [1.165, 1.54) is 11.1 Å². The van der Waals surface area contributed by atoms with Crippen molar-refractivity contribution >= 4 is 0 Å². The molecule has 3 N–H and O–H groups in total. The van der Waals surface area contributed by atoms with E-state index < -0.39 is 5.60 Å². The molecule has 0 bridgehead atoms. The minimum Gasteiger partial charge on any atom is -0.389 e. The van der Waals surface area contributed by atoms with Crippen LogP contribution in [0, 0.1) is 6.92 Å². The van der Waals surface area contributed by atoms with Gasteiger partial charge in [-0.2, -0.15) is 0 Å². The SMILES string of the molecule is Cc1cccc(C2CCC(O)(CN)CC2)c1. The summed E-state index contributed by atoms with van der Waals surface area (Å²) in [6.07, 6.45) is 3.78. The second-order valence-corrected chi connectivity index (χ2v) is 5.12. The molecule has 1 aromatic rings. The quantitative estimate of drug-likeness (QED) is 0.802. The van der Waals surface area contributed by atoms with Crippen molar-refractivity contribution in [1.82, 2.24) is 0 Å². The Hall–Kier alpha value is -0.860. The Balaban J connectivity index is 2.04. The summed E-state index contributed by atoms with van der Waals surface area (Å²) in [6, 6.07) is 8.71. The predicted molar refractivity (Wildman–Crippen MR) is 66.4 cm³/mol. The first-order valence-corrected chi connectivity index (χ1v) is 6.12. The van der Waals surface area contributed by atoms with Crippen molar-refractivity contribution in [2.75, 3.05) is 6.54 Å². The first-order valence-electron chi connectivity index (χ1n) is 6.12. The molecule has 1 aliphatic carbocycles. The van der Waals surface area contributed by atoms with Crippen LogP contribution in [-0.2, 0) is 0 Å². The van der Waals surface area contributed by atoms with Gasteiger partial charge in [-0.1, -0.05) is 29.8 Å². The Morgan fingerprint density at radius 1 is 1.38 bits per heavy atom. The molecule has 0 spiro atoms. The largest absolute Gasteiger partial charge is 0.389 e. The van der Waals surface area contributed by atoms with Crippen LogP contribution in [0.15, 0.2) is 24.3 Å². The number of aryl methyl sites for hydroxylation is 1. The molecule has 2 rings (SSSR count). The van der Waals surface area contributed by atoms with Gasteiger partial charge in [-0.05, 0) is 44.1 Å². The smallest absolute Gasteiger partial charge is 0.0769 e. The highest BCUT2D eigenvalue weighted by Crippen LogP contribution is 2.37. The molecule has 0 saturated heterocycles. The zero-order valence-corrected chi connectivity index (χ0v) is 9.95. The van der Waals surface area contributed by atoms with E-state index in [0.717, 1.165) is 25.7 Å². The van der Waals surface area contributed by atoms with Crippen LogP contribution >= 0.6 is 0 Å². The summed E-state index contributed by atoms with van der Waals surface area (Å²) in [5.74, 6) is 0.603. The van der Waals surface area contributed by atoms with Gasteiger partial charge in [0.25, 0.3) is 0 Å². The molecule has 0 radical (unpaired) electrons. The fourth-order valence-electron chi connectivity index (χ4n) is 2.62. The Bertz CT molecular complexity index is 354. The van der Waals surface area contributed by atoms with Gasteiger partial charge in [0.05, 0.1) is 5.60 Å². The summed E-state index contributed by atoms with van der Waals surface area (Å²) < 4.78 is 0. The highest BCUT2D eigenvalue weighted by atomic mass is 16.3. The molecule has 1 saturated carbocycles. The second-order valence-electron chi connectivity index (χ2n) is 5.12. The number of benzene rings is 1. The summed E-state index contributed by atoms with van der Waals surface area (Å²) in [7, 11) is 0. The number of hydrogen-bond donors (Lipinski definition) is 2. The van der Waals surface area contributed by atoms with E-state index in [9.17, 15) is 5.11 Å². The van der Waals surface area contributed by atoms with Crippen molar-refractivity contribution in [1.29, 1.82) is 0 Å². The van der Waals surface area contributed by atoms with Crippen LogP contribution in [0.25, 0.3) is 0 Å². The van der Waals surface area contributed by atoms with Crippen LogP contribution in [-0.4, -0.2) is 17.3 Å². The molecule has 2 heteroatoms. The molecular weight excluding hydrogens is 198 g/mol. The van der Waals surface area contributed by atoms with Crippen LogP contribution in [0.5, 0.6) is 0 Å². The third kappa shape index (κ3) is 2.45. The second kappa shape index (κ2) is 4.56. The maximum Gasteiger partial charge on any atom is 0.0769 e. The Labute approximate surface area is 97.5 Å². The van der Waals surface area contributed by atoms with Gasteiger partial charge in [0.15, 0.2) is 0 Å². The Morgan fingerprint density at radius 3 is 2.62 bits per heavy atom. The fourth-order valence-corrected chi connectivity index (χ4v) is 2.62. The molecular formula is C14H21NO. The van der Waals surface area contributed by atoms with Crippen molar-refractivity contribution in [3.63, 3.8) is 0 Å². The first-order chi connectivity index (χ1) is 7.63. The number of aliphatic hydroxyl groups is 1. The molecule has 88 valence electrons. The lowest BCUT2D eigenvalue weighted by atomic mass is 9.76. The van der Waals surface area contributed by atoms with Crippen LogP contribution in [0.4, 0.5) is 0 Å². The molecule has 2 nitrogen and oxygen atoms in total. The van der Waals surface area contributed by atoms with Gasteiger partial charge in [-0.3, -0.25) is 0 Å². The fraction of sp³-hybridized carbons (Fsp3) is 0.571. The number of rotatable bonds is 2. The van der Waals surface area contributed by atoms with Crippen LogP contribution < -0.4 is 5.73 Å². The third-order valence-corrected chi connectivity index (χ3v) is 3.81. The van der Waals surface area contributed by atoms with E-state index in [4.69, 9.17) is 5.73 Å². The summed E-state index contributed by atoms with van der Waals surface area (Å²) in [5, 5.41) is 10.1. The standard InChI is InChI=1S/C14H21NO/c1-11-3-2-4-13(9-11)12-5-7-14(16,10-15)8-6-12/h2-4,9,12,16H,5-8,10,15H2,1H3. The van der Waals surface area contributed by atoms with E-state index in [2.05, 4.69) is 31.2 Å². The molecule has 1 aromatic carbocycles. The van der Waals surface area contributed by atoms with Gasteiger partial charge in [0, 0.05) is 6.54 Å². The lowest BCUT2D eigenvalue weighted by Gasteiger charge is -2.35. The third-order valence-electron chi connectivity index (χ3n) is 3.81. The normalized spacial score (nSPS) is 30.3. The zero-order chi connectivity index (χ0) is 11.6. The molecule has 16 heavy (non-hydrogen) atoms. The summed E-state index contributed by atoms with van der Waals surface area (Å²) in [5.41, 5.74) is 7.73. The van der Waals surface area contributed by atoms with Crippen molar-refractivity contribution in [2.24, 2.45) is 5.73 Å². The summed E-state index contributed by atoms with van der Waals surface area (Å²) >= 11 is 0. The van der Waals surface area contributed by atoms with Crippen LogP contribution in [0.1, 0.15) is 42.7 Å². The molecule has 1 fully saturated rings. The van der Waals surface area contributed by atoms with E-state index >= 15 is 0 Å². The van der Waals surface area contributed by atoms with Crippen molar-refractivity contribution < 1.29 is 5.11 Å². The predicted octanol–water partition coefficient (Wildman–Crippen LogP) is 2.34. The maximum absolute atomic E-state index is 10.1. The minimum absolute atomic E-state index is 0.396. The Kier molecular flexibility index (Phi) is 3.31. The van der Waals surface area contributed by atoms with Crippen LogP contribution in [0.3, 0.4) is 0 Å². The van der Waals surface area contributed by atoms with Gasteiger partial charge >= 0.3 is 0 Å². The van der Waals surface area contributed by atoms with Crippen molar-refractivity contribution in [3.8, 4) is 0 Å². The molecule has 0 aromatic heterocycles.